The van der Waals surface area contributed by atoms with E-state index < -0.39 is 0 Å². The molecule has 0 N–H and O–H groups in total. The topological polar surface area (TPSA) is 44.1 Å². The van der Waals surface area contributed by atoms with Crippen LogP contribution in [0.4, 0.5) is 0 Å². The van der Waals surface area contributed by atoms with Gasteiger partial charge >= 0.3 is 5.56 Å². The zero-order chi connectivity index (χ0) is 13.1. The zero-order valence-corrected chi connectivity index (χ0v) is 11.1. The minimum Gasteiger partial charge on any atom is -0.433 e. The van der Waals surface area contributed by atoms with Gasteiger partial charge in [-0.05, 0) is 25.1 Å². The lowest BCUT2D eigenvalue weighted by Crippen LogP contribution is -2.20. The Morgan fingerprint density at radius 1 is 1.39 bits per heavy atom. The molecule has 0 saturated heterocycles. The van der Waals surface area contributed by atoms with E-state index in [1.54, 1.807) is 24.4 Å². The minimum atomic E-state index is -0.300. The van der Waals surface area contributed by atoms with Gasteiger partial charge in [-0.25, -0.2) is 4.98 Å². The van der Waals surface area contributed by atoms with E-state index in [0.717, 1.165) is 0 Å². The Morgan fingerprint density at radius 3 is 2.83 bits per heavy atom. The fraction of sp³-hybridized carbons (Fsp3) is 0.167. The standard InChI is InChI=1S/C12H10Cl2N2O2/c1-2-16-6-5-15-11(12(16)17)18-10-4-3-8(13)7-9(10)14/h3-7H,2H2,1H3. The van der Waals surface area contributed by atoms with Crippen molar-refractivity contribution < 1.29 is 4.74 Å². The molecule has 0 aliphatic rings. The maximum absolute atomic E-state index is 11.9. The summed E-state index contributed by atoms with van der Waals surface area (Å²) in [6.45, 7) is 2.41. The van der Waals surface area contributed by atoms with E-state index in [4.69, 9.17) is 27.9 Å². The van der Waals surface area contributed by atoms with Gasteiger partial charge in [0.15, 0.2) is 0 Å². The third-order valence-electron chi connectivity index (χ3n) is 2.32. The molecule has 0 unspecified atom stereocenters. The van der Waals surface area contributed by atoms with Crippen molar-refractivity contribution in [3.63, 3.8) is 0 Å². The monoisotopic (exact) mass is 284 g/mol. The van der Waals surface area contributed by atoms with Gasteiger partial charge in [-0.2, -0.15) is 0 Å². The highest BCUT2D eigenvalue weighted by atomic mass is 35.5. The number of hydrogen-bond acceptors (Lipinski definition) is 3. The van der Waals surface area contributed by atoms with Crippen LogP contribution in [-0.4, -0.2) is 9.55 Å². The van der Waals surface area contributed by atoms with Crippen molar-refractivity contribution in [1.82, 2.24) is 9.55 Å². The highest BCUT2D eigenvalue weighted by molar-refractivity contribution is 6.35. The van der Waals surface area contributed by atoms with Gasteiger partial charge in [0.25, 0.3) is 5.88 Å². The van der Waals surface area contributed by atoms with Gasteiger partial charge in [-0.1, -0.05) is 23.2 Å². The van der Waals surface area contributed by atoms with E-state index in [0.29, 0.717) is 22.3 Å². The second-order valence-electron chi connectivity index (χ2n) is 3.50. The number of halogens is 2. The van der Waals surface area contributed by atoms with Gasteiger partial charge in [0, 0.05) is 24.0 Å². The van der Waals surface area contributed by atoms with Crippen LogP contribution in [0.25, 0.3) is 0 Å². The Balaban J connectivity index is 2.37. The summed E-state index contributed by atoms with van der Waals surface area (Å²) < 4.78 is 6.89. The van der Waals surface area contributed by atoms with Crippen LogP contribution in [0.3, 0.4) is 0 Å². The summed E-state index contributed by atoms with van der Waals surface area (Å²) in [4.78, 5) is 15.8. The number of benzene rings is 1. The molecule has 0 bridgehead atoms. The van der Waals surface area contributed by atoms with E-state index in [1.165, 1.54) is 10.8 Å². The molecule has 1 heterocycles. The lowest BCUT2D eigenvalue weighted by atomic mass is 10.3. The van der Waals surface area contributed by atoms with Crippen LogP contribution in [-0.2, 0) is 6.54 Å². The minimum absolute atomic E-state index is 0.0106. The van der Waals surface area contributed by atoms with Crippen molar-refractivity contribution >= 4 is 23.2 Å². The molecular weight excluding hydrogens is 275 g/mol. The SMILES string of the molecule is CCn1ccnc(Oc2ccc(Cl)cc2Cl)c1=O. The largest absolute Gasteiger partial charge is 0.433 e. The van der Waals surface area contributed by atoms with Crippen LogP contribution in [0.15, 0.2) is 35.4 Å². The predicted octanol–water partition coefficient (Wildman–Crippen LogP) is 3.36. The van der Waals surface area contributed by atoms with E-state index in [1.807, 2.05) is 6.92 Å². The van der Waals surface area contributed by atoms with Gasteiger partial charge in [-0.3, -0.25) is 4.79 Å². The smallest absolute Gasteiger partial charge is 0.313 e. The van der Waals surface area contributed by atoms with Crippen molar-refractivity contribution in [2.45, 2.75) is 13.5 Å². The Morgan fingerprint density at radius 2 is 2.17 bits per heavy atom. The van der Waals surface area contributed by atoms with Crippen molar-refractivity contribution in [3.8, 4) is 11.6 Å². The molecule has 0 atom stereocenters. The van der Waals surface area contributed by atoms with Gasteiger partial charge in [0.05, 0.1) is 5.02 Å². The number of aromatic nitrogens is 2. The maximum Gasteiger partial charge on any atom is 0.313 e. The van der Waals surface area contributed by atoms with Gasteiger partial charge in [0.2, 0.25) is 0 Å². The molecule has 0 radical (unpaired) electrons. The molecule has 0 aliphatic carbocycles. The molecule has 0 aliphatic heterocycles. The molecule has 2 rings (SSSR count). The number of nitrogens with zero attached hydrogens (tertiary/aromatic N) is 2. The number of ether oxygens (including phenoxy) is 1. The van der Waals surface area contributed by atoms with E-state index in [2.05, 4.69) is 4.98 Å². The first-order valence-corrected chi connectivity index (χ1v) is 6.05. The molecule has 0 amide bonds. The fourth-order valence-corrected chi connectivity index (χ4v) is 1.86. The molecule has 1 aromatic carbocycles. The quantitative estimate of drug-likeness (QED) is 0.868. The van der Waals surface area contributed by atoms with Crippen molar-refractivity contribution in [1.29, 1.82) is 0 Å². The molecule has 0 saturated carbocycles. The highest BCUT2D eigenvalue weighted by Gasteiger charge is 2.09. The lowest BCUT2D eigenvalue weighted by molar-refractivity contribution is 0.446. The number of hydrogen-bond donors (Lipinski definition) is 0. The number of aryl methyl sites for hydroxylation is 1. The number of rotatable bonds is 3. The molecule has 6 heteroatoms. The zero-order valence-electron chi connectivity index (χ0n) is 9.56. The van der Waals surface area contributed by atoms with E-state index in [-0.39, 0.29) is 11.4 Å². The molecule has 1 aromatic heterocycles. The van der Waals surface area contributed by atoms with E-state index in [9.17, 15) is 4.79 Å². The third kappa shape index (κ3) is 2.66. The maximum atomic E-state index is 11.9. The first-order chi connectivity index (χ1) is 8.61. The summed E-state index contributed by atoms with van der Waals surface area (Å²) in [5, 5.41) is 0.829. The predicted molar refractivity (Wildman–Crippen MR) is 70.7 cm³/mol. The van der Waals surface area contributed by atoms with Crippen LogP contribution in [0.2, 0.25) is 10.0 Å². The Kier molecular flexibility index (Phi) is 3.89. The molecule has 0 fully saturated rings. The fourth-order valence-electron chi connectivity index (χ4n) is 1.41. The van der Waals surface area contributed by atoms with Crippen LogP contribution in [0, 0.1) is 0 Å². The summed E-state index contributed by atoms with van der Waals surface area (Å²) in [6.07, 6.45) is 3.10. The molecule has 4 nitrogen and oxygen atoms in total. The van der Waals surface area contributed by atoms with Crippen LogP contribution >= 0.6 is 23.2 Å². The normalized spacial score (nSPS) is 10.4. The molecular formula is C12H10Cl2N2O2. The average Bonchev–Trinajstić information content (AvgIpc) is 2.35. The summed E-state index contributed by atoms with van der Waals surface area (Å²) in [5.41, 5.74) is -0.300. The summed E-state index contributed by atoms with van der Waals surface area (Å²) in [5.74, 6) is 0.336. The molecule has 94 valence electrons. The third-order valence-corrected chi connectivity index (χ3v) is 2.85. The second kappa shape index (κ2) is 5.42. The Bertz CT molecular complexity index is 626. The van der Waals surface area contributed by atoms with E-state index >= 15 is 0 Å². The Hall–Kier alpha value is -1.52. The van der Waals surface area contributed by atoms with Gasteiger partial charge in [0.1, 0.15) is 5.75 Å². The highest BCUT2D eigenvalue weighted by Crippen LogP contribution is 2.29. The summed E-state index contributed by atoms with van der Waals surface area (Å²) in [7, 11) is 0. The summed E-state index contributed by atoms with van der Waals surface area (Å²) in [6, 6.07) is 4.76. The first-order valence-electron chi connectivity index (χ1n) is 5.30. The van der Waals surface area contributed by atoms with Crippen molar-refractivity contribution in [2.24, 2.45) is 0 Å². The summed E-state index contributed by atoms with van der Waals surface area (Å²) >= 11 is 11.7. The van der Waals surface area contributed by atoms with Gasteiger partial charge in [-0.15, -0.1) is 0 Å². The van der Waals surface area contributed by atoms with Crippen LogP contribution in [0.5, 0.6) is 11.6 Å². The van der Waals surface area contributed by atoms with Crippen molar-refractivity contribution in [3.05, 3.63) is 51.0 Å². The van der Waals surface area contributed by atoms with Crippen molar-refractivity contribution in [2.75, 3.05) is 0 Å². The molecule has 0 spiro atoms. The first kappa shape index (κ1) is 12.9. The Labute approximate surface area is 114 Å². The molecule has 2 aromatic rings. The van der Waals surface area contributed by atoms with Crippen LogP contribution < -0.4 is 10.3 Å². The lowest BCUT2D eigenvalue weighted by Gasteiger charge is -2.07. The van der Waals surface area contributed by atoms with Gasteiger partial charge < -0.3 is 9.30 Å². The molecule has 18 heavy (non-hydrogen) atoms. The van der Waals surface area contributed by atoms with Crippen LogP contribution in [0.1, 0.15) is 6.92 Å². The second-order valence-corrected chi connectivity index (χ2v) is 4.34. The average molecular weight is 285 g/mol.